The Morgan fingerprint density at radius 3 is 2.48 bits per heavy atom. The monoisotopic (exact) mass is 364 g/mol. The van der Waals surface area contributed by atoms with Gasteiger partial charge in [-0.2, -0.15) is 4.98 Å². The van der Waals surface area contributed by atoms with E-state index in [9.17, 15) is 9.59 Å². The number of hydrogen-bond donors (Lipinski definition) is 2. The van der Waals surface area contributed by atoms with Crippen LogP contribution in [0.25, 0.3) is 11.4 Å². The van der Waals surface area contributed by atoms with Crippen LogP contribution in [0.15, 0.2) is 53.1 Å². The number of nitrogens with one attached hydrogen (secondary N) is 2. The number of para-hydroxylation sites is 1. The number of carbonyl (C=O) groups is 2. The average molecular weight is 364 g/mol. The first-order valence-corrected chi connectivity index (χ1v) is 8.63. The lowest BCUT2D eigenvalue weighted by atomic mass is 10.1. The Hall–Kier alpha value is -3.48. The molecule has 7 nitrogen and oxygen atoms in total. The number of aryl methyl sites for hydroxylation is 2. The number of anilines is 1. The zero-order chi connectivity index (χ0) is 19.2. The fourth-order valence-electron chi connectivity index (χ4n) is 2.46. The molecule has 2 N–H and O–H groups in total. The van der Waals surface area contributed by atoms with Gasteiger partial charge < -0.3 is 15.2 Å². The molecule has 7 heteroatoms. The Morgan fingerprint density at radius 1 is 1.07 bits per heavy atom. The van der Waals surface area contributed by atoms with Gasteiger partial charge >= 0.3 is 0 Å². The Morgan fingerprint density at radius 2 is 1.81 bits per heavy atom. The Labute approximate surface area is 156 Å². The van der Waals surface area contributed by atoms with Gasteiger partial charge in [0.25, 0.3) is 5.91 Å². The lowest BCUT2D eigenvalue weighted by molar-refractivity contribution is -0.115. The summed E-state index contributed by atoms with van der Waals surface area (Å²) in [5.74, 6) is 0.430. The van der Waals surface area contributed by atoms with Crippen LogP contribution in [0.1, 0.15) is 28.7 Å². The van der Waals surface area contributed by atoms with Gasteiger partial charge in [0.2, 0.25) is 17.6 Å². The highest BCUT2D eigenvalue weighted by molar-refractivity contribution is 5.99. The quantitative estimate of drug-likeness (QED) is 0.701. The summed E-state index contributed by atoms with van der Waals surface area (Å²) in [6, 6.07) is 14.3. The molecule has 1 heterocycles. The van der Waals surface area contributed by atoms with Crippen molar-refractivity contribution in [2.45, 2.75) is 20.3 Å². The Kier molecular flexibility index (Phi) is 5.61. The van der Waals surface area contributed by atoms with Crippen LogP contribution >= 0.6 is 0 Å². The topological polar surface area (TPSA) is 97.1 Å². The molecular weight excluding hydrogens is 344 g/mol. The molecule has 0 radical (unpaired) electrons. The van der Waals surface area contributed by atoms with Crippen LogP contribution in [0.2, 0.25) is 0 Å². The van der Waals surface area contributed by atoms with Crippen LogP contribution < -0.4 is 10.6 Å². The molecule has 0 spiro atoms. The van der Waals surface area contributed by atoms with Crippen molar-refractivity contribution in [2.75, 3.05) is 11.9 Å². The summed E-state index contributed by atoms with van der Waals surface area (Å²) in [4.78, 5) is 28.5. The van der Waals surface area contributed by atoms with E-state index in [4.69, 9.17) is 4.52 Å². The highest BCUT2D eigenvalue weighted by Gasteiger charge is 2.11. The molecule has 0 saturated heterocycles. The Balaban J connectivity index is 1.56. The average Bonchev–Trinajstić information content (AvgIpc) is 3.17. The maximum absolute atomic E-state index is 12.2. The molecule has 1 aromatic heterocycles. The summed E-state index contributed by atoms with van der Waals surface area (Å²) in [6.45, 7) is 3.72. The molecule has 0 aliphatic carbocycles. The minimum absolute atomic E-state index is 0.111. The standard InChI is InChI=1S/C20H20N4O3/c1-3-18-23-19(24-27-18)14-8-10-15(11-9-14)20(26)21-12-17(25)22-16-7-5-4-6-13(16)2/h4-11H,3,12H2,1-2H3,(H,21,26)(H,22,25). The number of aromatic nitrogens is 2. The smallest absolute Gasteiger partial charge is 0.251 e. The lowest BCUT2D eigenvalue weighted by Gasteiger charge is -2.09. The summed E-state index contributed by atoms with van der Waals surface area (Å²) in [7, 11) is 0. The molecule has 0 unspecified atom stereocenters. The van der Waals surface area contributed by atoms with Crippen LogP contribution in [0.4, 0.5) is 5.69 Å². The number of carbonyl (C=O) groups excluding carboxylic acids is 2. The summed E-state index contributed by atoms with van der Waals surface area (Å²) >= 11 is 0. The number of rotatable bonds is 6. The molecule has 0 aliphatic heterocycles. The number of hydrogen-bond acceptors (Lipinski definition) is 5. The van der Waals surface area contributed by atoms with E-state index >= 15 is 0 Å². The highest BCUT2D eigenvalue weighted by Crippen LogP contribution is 2.17. The van der Waals surface area contributed by atoms with Crippen LogP contribution in [0.3, 0.4) is 0 Å². The first-order chi connectivity index (χ1) is 13.1. The van der Waals surface area contributed by atoms with Gasteiger partial charge in [0.1, 0.15) is 0 Å². The molecule has 0 aliphatic rings. The molecule has 2 amide bonds. The van der Waals surface area contributed by atoms with Crippen LogP contribution in [-0.2, 0) is 11.2 Å². The first-order valence-electron chi connectivity index (χ1n) is 8.63. The predicted octanol–water partition coefficient (Wildman–Crippen LogP) is 2.98. The highest BCUT2D eigenvalue weighted by atomic mass is 16.5. The molecule has 3 aromatic rings. The van der Waals surface area contributed by atoms with Crippen LogP contribution in [-0.4, -0.2) is 28.5 Å². The second-order valence-corrected chi connectivity index (χ2v) is 5.99. The number of nitrogens with zero attached hydrogens (tertiary/aromatic N) is 2. The molecule has 138 valence electrons. The third kappa shape index (κ3) is 4.58. The van der Waals surface area contributed by atoms with Crippen molar-refractivity contribution in [1.29, 1.82) is 0 Å². The summed E-state index contributed by atoms with van der Waals surface area (Å²) in [6.07, 6.45) is 0.665. The summed E-state index contributed by atoms with van der Waals surface area (Å²) in [5.41, 5.74) is 2.89. The van der Waals surface area contributed by atoms with E-state index in [1.54, 1.807) is 24.3 Å². The number of benzene rings is 2. The van der Waals surface area contributed by atoms with Crippen molar-refractivity contribution >= 4 is 17.5 Å². The van der Waals surface area contributed by atoms with Gasteiger partial charge in [-0.25, -0.2) is 0 Å². The first kappa shape index (κ1) is 18.3. The number of amides is 2. The van der Waals surface area contributed by atoms with Gasteiger partial charge in [0, 0.05) is 23.2 Å². The van der Waals surface area contributed by atoms with Crippen molar-refractivity contribution in [3.05, 3.63) is 65.5 Å². The predicted molar refractivity (Wildman–Crippen MR) is 101 cm³/mol. The second kappa shape index (κ2) is 8.27. The SMILES string of the molecule is CCc1nc(-c2ccc(C(=O)NCC(=O)Nc3ccccc3C)cc2)no1. The molecule has 2 aromatic carbocycles. The van der Waals surface area contributed by atoms with Gasteiger partial charge in [-0.3, -0.25) is 9.59 Å². The maximum atomic E-state index is 12.2. The van der Waals surface area contributed by atoms with Crippen molar-refractivity contribution in [2.24, 2.45) is 0 Å². The van der Waals surface area contributed by atoms with Gasteiger partial charge in [-0.1, -0.05) is 42.4 Å². The van der Waals surface area contributed by atoms with Crippen LogP contribution in [0, 0.1) is 6.92 Å². The second-order valence-electron chi connectivity index (χ2n) is 5.99. The van der Waals surface area contributed by atoms with Crippen molar-refractivity contribution in [3.63, 3.8) is 0 Å². The summed E-state index contributed by atoms with van der Waals surface area (Å²) < 4.78 is 5.08. The van der Waals surface area contributed by atoms with E-state index in [0.29, 0.717) is 23.7 Å². The molecule has 0 fully saturated rings. The van der Waals surface area contributed by atoms with Crippen molar-refractivity contribution < 1.29 is 14.1 Å². The molecule has 0 saturated carbocycles. The molecule has 3 rings (SSSR count). The molecular formula is C20H20N4O3. The largest absolute Gasteiger partial charge is 0.343 e. The zero-order valence-corrected chi connectivity index (χ0v) is 15.2. The fourth-order valence-corrected chi connectivity index (χ4v) is 2.46. The van der Waals surface area contributed by atoms with E-state index in [1.807, 2.05) is 38.1 Å². The van der Waals surface area contributed by atoms with E-state index in [0.717, 1.165) is 16.8 Å². The molecule has 0 atom stereocenters. The minimum Gasteiger partial charge on any atom is -0.343 e. The normalized spacial score (nSPS) is 10.4. The van der Waals surface area contributed by atoms with E-state index in [1.165, 1.54) is 0 Å². The van der Waals surface area contributed by atoms with E-state index < -0.39 is 0 Å². The van der Waals surface area contributed by atoms with Gasteiger partial charge in [-0.05, 0) is 30.7 Å². The summed E-state index contributed by atoms with van der Waals surface area (Å²) in [5, 5.41) is 9.28. The zero-order valence-electron chi connectivity index (χ0n) is 15.2. The van der Waals surface area contributed by atoms with Crippen molar-refractivity contribution in [1.82, 2.24) is 15.5 Å². The van der Waals surface area contributed by atoms with Crippen LogP contribution in [0.5, 0.6) is 0 Å². The minimum atomic E-state index is -0.330. The van der Waals surface area contributed by atoms with E-state index in [2.05, 4.69) is 20.8 Å². The lowest BCUT2D eigenvalue weighted by Crippen LogP contribution is -2.32. The molecule has 0 bridgehead atoms. The van der Waals surface area contributed by atoms with Gasteiger partial charge in [-0.15, -0.1) is 0 Å². The maximum Gasteiger partial charge on any atom is 0.251 e. The van der Waals surface area contributed by atoms with Gasteiger partial charge in [0.05, 0.1) is 6.54 Å². The molecule has 27 heavy (non-hydrogen) atoms. The Bertz CT molecular complexity index is 948. The van der Waals surface area contributed by atoms with Gasteiger partial charge in [0.15, 0.2) is 0 Å². The van der Waals surface area contributed by atoms with Crippen molar-refractivity contribution in [3.8, 4) is 11.4 Å². The van der Waals surface area contributed by atoms with E-state index in [-0.39, 0.29) is 18.4 Å². The third-order valence-electron chi connectivity index (χ3n) is 4.00. The fraction of sp³-hybridized carbons (Fsp3) is 0.200. The third-order valence-corrected chi connectivity index (χ3v) is 4.00.